The van der Waals surface area contributed by atoms with Gasteiger partial charge in [0.1, 0.15) is 5.52 Å². The summed E-state index contributed by atoms with van der Waals surface area (Å²) in [5, 5.41) is 2.90. The van der Waals surface area contributed by atoms with Gasteiger partial charge in [-0.2, -0.15) is 0 Å². The van der Waals surface area contributed by atoms with Gasteiger partial charge in [0.2, 0.25) is 0 Å². The maximum Gasteiger partial charge on any atom is 0.255 e. The van der Waals surface area contributed by atoms with Crippen LogP contribution in [0.5, 0.6) is 11.5 Å². The van der Waals surface area contributed by atoms with E-state index in [1.54, 1.807) is 25.3 Å². The monoisotopic (exact) mass is 366 g/mol. The van der Waals surface area contributed by atoms with Gasteiger partial charge < -0.3 is 19.2 Å². The molecule has 6 nitrogen and oxygen atoms in total. The van der Waals surface area contributed by atoms with Crippen LogP contribution in [0.3, 0.4) is 0 Å². The Kier molecular flexibility index (Phi) is 4.48. The fraction of sp³-hybridized carbons (Fsp3) is 0.333. The molecule has 0 spiro atoms. The summed E-state index contributed by atoms with van der Waals surface area (Å²) in [6.45, 7) is 3.88. The number of fused-ring (bicyclic) bond motifs is 1. The Bertz CT molecular complexity index is 989. The number of aromatic nitrogens is 1. The third-order valence-electron chi connectivity index (χ3n) is 4.38. The first-order valence-corrected chi connectivity index (χ1v) is 9.10. The van der Waals surface area contributed by atoms with Gasteiger partial charge in [-0.1, -0.05) is 0 Å². The highest BCUT2D eigenvalue weighted by molar-refractivity contribution is 6.05. The van der Waals surface area contributed by atoms with Gasteiger partial charge in [0.05, 0.1) is 13.2 Å². The van der Waals surface area contributed by atoms with E-state index in [0.717, 1.165) is 29.8 Å². The third-order valence-corrected chi connectivity index (χ3v) is 4.38. The van der Waals surface area contributed by atoms with E-state index in [-0.39, 0.29) is 12.0 Å². The van der Waals surface area contributed by atoms with E-state index in [0.29, 0.717) is 28.7 Å². The number of ether oxygens (including phenoxy) is 2. The van der Waals surface area contributed by atoms with Gasteiger partial charge in [-0.15, -0.1) is 0 Å². The van der Waals surface area contributed by atoms with Crippen molar-refractivity contribution in [3.05, 3.63) is 47.9 Å². The maximum absolute atomic E-state index is 12.6. The fourth-order valence-electron chi connectivity index (χ4n) is 2.89. The van der Waals surface area contributed by atoms with Crippen LogP contribution in [0.25, 0.3) is 11.1 Å². The normalized spacial score (nSPS) is 13.8. The van der Waals surface area contributed by atoms with Crippen molar-refractivity contribution in [3.63, 3.8) is 0 Å². The molecule has 0 bridgehead atoms. The molecule has 1 heterocycles. The van der Waals surface area contributed by atoms with Crippen molar-refractivity contribution < 1.29 is 18.7 Å². The Morgan fingerprint density at radius 2 is 2.00 bits per heavy atom. The highest BCUT2D eigenvalue weighted by Gasteiger charge is 2.28. The summed E-state index contributed by atoms with van der Waals surface area (Å²) >= 11 is 0. The number of anilines is 1. The van der Waals surface area contributed by atoms with E-state index in [4.69, 9.17) is 13.9 Å². The molecule has 0 atom stereocenters. The second-order valence-electron chi connectivity index (χ2n) is 7.00. The summed E-state index contributed by atoms with van der Waals surface area (Å²) in [6.07, 6.45) is 2.29. The number of oxazole rings is 1. The van der Waals surface area contributed by atoms with Gasteiger partial charge in [-0.05, 0) is 63.1 Å². The number of methoxy groups -OCH3 is 1. The maximum atomic E-state index is 12.6. The second-order valence-corrected chi connectivity index (χ2v) is 7.00. The molecule has 1 saturated carbocycles. The number of hydrogen-bond acceptors (Lipinski definition) is 5. The summed E-state index contributed by atoms with van der Waals surface area (Å²) in [7, 11) is 1.56. The molecular weight excluding hydrogens is 344 g/mol. The number of hydrogen-bond donors (Lipinski definition) is 1. The lowest BCUT2D eigenvalue weighted by molar-refractivity contribution is 0.102. The molecule has 27 heavy (non-hydrogen) atoms. The lowest BCUT2D eigenvalue weighted by Crippen LogP contribution is -2.13. The van der Waals surface area contributed by atoms with Gasteiger partial charge in [-0.25, -0.2) is 4.98 Å². The summed E-state index contributed by atoms with van der Waals surface area (Å²) in [4.78, 5) is 17.2. The predicted octanol–water partition coefficient (Wildman–Crippen LogP) is 4.75. The Balaban J connectivity index is 1.53. The van der Waals surface area contributed by atoms with Crippen LogP contribution in [0, 0.1) is 0 Å². The SMILES string of the molecule is COc1cc(C(=O)Nc2ccc3oc(C4CC4)nc3c2)ccc1OC(C)C. The van der Waals surface area contributed by atoms with Crippen molar-refractivity contribution in [2.45, 2.75) is 38.7 Å². The topological polar surface area (TPSA) is 73.6 Å². The molecule has 4 rings (SSSR count). The zero-order valence-corrected chi connectivity index (χ0v) is 15.6. The molecule has 1 N–H and O–H groups in total. The number of amides is 1. The lowest BCUT2D eigenvalue weighted by Gasteiger charge is -2.14. The van der Waals surface area contributed by atoms with Crippen LogP contribution in [0.2, 0.25) is 0 Å². The molecular formula is C21H22N2O4. The molecule has 1 aromatic heterocycles. The number of carbonyl (C=O) groups is 1. The van der Waals surface area contributed by atoms with Crippen LogP contribution >= 0.6 is 0 Å². The zero-order valence-electron chi connectivity index (χ0n) is 15.6. The molecule has 1 aliphatic rings. The second kappa shape index (κ2) is 6.95. The van der Waals surface area contributed by atoms with E-state index in [1.807, 2.05) is 32.0 Å². The van der Waals surface area contributed by atoms with Gasteiger partial charge in [0.15, 0.2) is 23.0 Å². The predicted molar refractivity (Wildman–Crippen MR) is 103 cm³/mol. The minimum atomic E-state index is -0.227. The highest BCUT2D eigenvalue weighted by Crippen LogP contribution is 2.40. The summed E-state index contributed by atoms with van der Waals surface area (Å²) < 4.78 is 16.8. The fourth-order valence-corrected chi connectivity index (χ4v) is 2.89. The molecule has 1 fully saturated rings. The van der Waals surface area contributed by atoms with Gasteiger partial charge >= 0.3 is 0 Å². The molecule has 0 radical (unpaired) electrons. The Labute approximate surface area is 157 Å². The average Bonchev–Trinajstić information content (AvgIpc) is 3.41. The third kappa shape index (κ3) is 3.74. The van der Waals surface area contributed by atoms with E-state index >= 15 is 0 Å². The molecule has 1 amide bonds. The number of nitrogens with one attached hydrogen (secondary N) is 1. The minimum Gasteiger partial charge on any atom is -0.493 e. The van der Waals surface area contributed by atoms with E-state index in [1.165, 1.54) is 0 Å². The Morgan fingerprint density at radius 3 is 2.70 bits per heavy atom. The number of carbonyl (C=O) groups excluding carboxylic acids is 1. The molecule has 6 heteroatoms. The molecule has 1 aliphatic carbocycles. The number of rotatable bonds is 6. The number of benzene rings is 2. The zero-order chi connectivity index (χ0) is 19.0. The summed E-state index contributed by atoms with van der Waals surface area (Å²) in [5.74, 6) is 2.15. The first kappa shape index (κ1) is 17.4. The Hall–Kier alpha value is -3.02. The van der Waals surface area contributed by atoms with E-state index in [9.17, 15) is 4.79 Å². The van der Waals surface area contributed by atoms with Crippen molar-refractivity contribution in [1.82, 2.24) is 4.98 Å². The van der Waals surface area contributed by atoms with Crippen molar-refractivity contribution in [2.75, 3.05) is 12.4 Å². The van der Waals surface area contributed by atoms with E-state index < -0.39 is 0 Å². The molecule has 0 unspecified atom stereocenters. The van der Waals surface area contributed by atoms with E-state index in [2.05, 4.69) is 10.3 Å². The van der Waals surface area contributed by atoms with Crippen LogP contribution in [-0.4, -0.2) is 24.1 Å². The van der Waals surface area contributed by atoms with Crippen molar-refractivity contribution in [3.8, 4) is 11.5 Å². The highest BCUT2D eigenvalue weighted by atomic mass is 16.5. The molecule has 0 aliphatic heterocycles. The van der Waals surface area contributed by atoms with Crippen LogP contribution in [0.1, 0.15) is 48.9 Å². The van der Waals surface area contributed by atoms with Gasteiger partial charge in [0.25, 0.3) is 5.91 Å². The van der Waals surface area contributed by atoms with Crippen LogP contribution in [0.15, 0.2) is 40.8 Å². The van der Waals surface area contributed by atoms with Crippen molar-refractivity contribution in [2.24, 2.45) is 0 Å². The minimum absolute atomic E-state index is 0.0216. The first-order valence-electron chi connectivity index (χ1n) is 9.10. The molecule has 0 saturated heterocycles. The van der Waals surface area contributed by atoms with Gasteiger partial charge in [0, 0.05) is 17.2 Å². The largest absolute Gasteiger partial charge is 0.493 e. The van der Waals surface area contributed by atoms with Crippen LogP contribution < -0.4 is 14.8 Å². The lowest BCUT2D eigenvalue weighted by atomic mass is 10.1. The molecule has 140 valence electrons. The van der Waals surface area contributed by atoms with Crippen molar-refractivity contribution in [1.29, 1.82) is 0 Å². The summed E-state index contributed by atoms with van der Waals surface area (Å²) in [5.41, 5.74) is 2.66. The Morgan fingerprint density at radius 1 is 1.19 bits per heavy atom. The van der Waals surface area contributed by atoms with Crippen molar-refractivity contribution >= 4 is 22.7 Å². The smallest absolute Gasteiger partial charge is 0.255 e. The number of nitrogens with zero attached hydrogens (tertiary/aromatic N) is 1. The van der Waals surface area contributed by atoms with Gasteiger partial charge in [-0.3, -0.25) is 4.79 Å². The standard InChI is InChI=1S/C21H22N2O4/c1-12(2)26-18-8-6-14(10-19(18)25-3)20(24)22-15-7-9-17-16(11-15)23-21(27-17)13-4-5-13/h6-13H,4-5H2,1-3H3,(H,22,24). The average molecular weight is 366 g/mol. The molecule has 2 aromatic carbocycles. The quantitative estimate of drug-likeness (QED) is 0.681. The van der Waals surface area contributed by atoms with Crippen LogP contribution in [-0.2, 0) is 0 Å². The summed E-state index contributed by atoms with van der Waals surface area (Å²) in [6, 6.07) is 10.6. The van der Waals surface area contributed by atoms with Crippen LogP contribution in [0.4, 0.5) is 5.69 Å². The first-order chi connectivity index (χ1) is 13.0. The molecule has 3 aromatic rings.